The van der Waals surface area contributed by atoms with Crippen LogP contribution in [0.25, 0.3) is 0 Å². The molecule has 0 aromatic carbocycles. The largest absolute Gasteiger partial charge is 0.264 e. The van der Waals surface area contributed by atoms with E-state index in [1.54, 1.807) is 24.8 Å². The van der Waals surface area contributed by atoms with Gasteiger partial charge >= 0.3 is 0 Å². The summed E-state index contributed by atoms with van der Waals surface area (Å²) in [5, 5.41) is 0. The summed E-state index contributed by atoms with van der Waals surface area (Å²) in [6.07, 6.45) is 8.94. The van der Waals surface area contributed by atoms with Gasteiger partial charge in [-0.2, -0.15) is 0 Å². The highest BCUT2D eigenvalue weighted by Crippen LogP contribution is 2.20. The van der Waals surface area contributed by atoms with Gasteiger partial charge < -0.3 is 0 Å². The van der Waals surface area contributed by atoms with E-state index in [1.165, 1.54) is 5.56 Å². The molecule has 0 spiro atoms. The van der Waals surface area contributed by atoms with Crippen molar-refractivity contribution < 1.29 is 0 Å². The number of nitrogens with zero attached hydrogens (tertiary/aromatic N) is 3. The predicted molar refractivity (Wildman–Crippen MR) is 83.7 cm³/mol. The molecule has 0 radical (unpaired) electrons. The average Bonchev–Trinajstić information content (AvgIpc) is 2.40. The summed E-state index contributed by atoms with van der Waals surface area (Å²) >= 11 is 0. The Kier molecular flexibility index (Phi) is 5.37. The van der Waals surface area contributed by atoms with Crippen LogP contribution in [0.4, 0.5) is 0 Å². The average molecular weight is 271 g/mol. The molecule has 0 unspecified atom stereocenters. The Balaban J connectivity index is 0.000000200. The number of aromatic nitrogens is 3. The molecule has 0 aliphatic rings. The van der Waals surface area contributed by atoms with Crippen LogP contribution in [0.5, 0.6) is 0 Å². The van der Waals surface area contributed by atoms with E-state index in [9.17, 15) is 0 Å². The SMILES string of the molecule is CC(C)(C)c1cccnc1.CC(C)(C)c1cnccn1. The summed E-state index contributed by atoms with van der Waals surface area (Å²) in [5.74, 6) is 0. The van der Waals surface area contributed by atoms with Crippen LogP contribution >= 0.6 is 0 Å². The van der Waals surface area contributed by atoms with Crippen LogP contribution in [-0.2, 0) is 10.8 Å². The fraction of sp³-hybridized carbons (Fsp3) is 0.471. The Morgan fingerprint density at radius 2 is 1.40 bits per heavy atom. The maximum atomic E-state index is 4.19. The van der Waals surface area contributed by atoms with E-state index in [0.717, 1.165) is 5.69 Å². The molecule has 0 aliphatic heterocycles. The van der Waals surface area contributed by atoms with Crippen molar-refractivity contribution in [2.24, 2.45) is 0 Å². The molecule has 0 bridgehead atoms. The zero-order valence-electron chi connectivity index (χ0n) is 13.4. The lowest BCUT2D eigenvalue weighted by molar-refractivity contribution is 0.565. The van der Waals surface area contributed by atoms with Crippen molar-refractivity contribution in [1.82, 2.24) is 15.0 Å². The fourth-order valence-corrected chi connectivity index (χ4v) is 1.49. The molecule has 0 atom stereocenters. The first kappa shape index (κ1) is 16.3. The van der Waals surface area contributed by atoms with E-state index < -0.39 is 0 Å². The maximum absolute atomic E-state index is 4.19. The molecular weight excluding hydrogens is 246 g/mol. The zero-order valence-corrected chi connectivity index (χ0v) is 13.4. The van der Waals surface area contributed by atoms with Crippen LogP contribution in [0.3, 0.4) is 0 Å². The van der Waals surface area contributed by atoms with Crippen LogP contribution in [0.2, 0.25) is 0 Å². The number of hydrogen-bond acceptors (Lipinski definition) is 3. The summed E-state index contributed by atoms with van der Waals surface area (Å²) in [5.41, 5.74) is 2.67. The number of hydrogen-bond donors (Lipinski definition) is 0. The van der Waals surface area contributed by atoms with Crippen molar-refractivity contribution >= 4 is 0 Å². The minimum Gasteiger partial charge on any atom is -0.264 e. The van der Waals surface area contributed by atoms with Crippen LogP contribution in [0.1, 0.15) is 52.8 Å². The molecule has 2 heterocycles. The van der Waals surface area contributed by atoms with Gasteiger partial charge in [-0.3, -0.25) is 15.0 Å². The van der Waals surface area contributed by atoms with Gasteiger partial charge in [0.1, 0.15) is 0 Å². The Bertz CT molecular complexity index is 444. The standard InChI is InChI=1S/C9H13N.C8H12N2/c1-9(2,3)8-5-4-6-10-7-8;1-8(2,3)7-6-9-4-5-10-7/h4-7H,1-3H3;4-6H,1-3H3. The topological polar surface area (TPSA) is 38.7 Å². The Morgan fingerprint density at radius 3 is 1.70 bits per heavy atom. The molecule has 0 amide bonds. The molecule has 0 saturated carbocycles. The molecule has 3 nitrogen and oxygen atoms in total. The summed E-state index contributed by atoms with van der Waals surface area (Å²) in [6.45, 7) is 12.9. The highest BCUT2D eigenvalue weighted by molar-refractivity contribution is 5.17. The van der Waals surface area contributed by atoms with Gasteiger partial charge in [-0.1, -0.05) is 47.6 Å². The Morgan fingerprint density at radius 1 is 0.750 bits per heavy atom. The molecule has 2 rings (SSSR count). The highest BCUT2D eigenvalue weighted by Gasteiger charge is 2.14. The van der Waals surface area contributed by atoms with Crippen LogP contribution in [0.15, 0.2) is 43.1 Å². The van der Waals surface area contributed by atoms with Gasteiger partial charge in [0, 0.05) is 36.4 Å². The second kappa shape index (κ2) is 6.60. The van der Waals surface area contributed by atoms with Crippen LogP contribution in [-0.4, -0.2) is 15.0 Å². The van der Waals surface area contributed by atoms with E-state index in [1.807, 2.05) is 12.3 Å². The highest BCUT2D eigenvalue weighted by atomic mass is 14.8. The Hall–Kier alpha value is -1.77. The number of rotatable bonds is 0. The fourth-order valence-electron chi connectivity index (χ4n) is 1.49. The van der Waals surface area contributed by atoms with Gasteiger partial charge in [-0.25, -0.2) is 0 Å². The van der Waals surface area contributed by atoms with Gasteiger partial charge in [0.15, 0.2) is 0 Å². The van der Waals surface area contributed by atoms with Crippen LogP contribution in [0, 0.1) is 0 Å². The van der Waals surface area contributed by atoms with Gasteiger partial charge in [0.25, 0.3) is 0 Å². The third-order valence-corrected chi connectivity index (χ3v) is 2.86. The van der Waals surface area contributed by atoms with Crippen molar-refractivity contribution in [2.45, 2.75) is 52.4 Å². The van der Waals surface area contributed by atoms with Crippen molar-refractivity contribution in [3.8, 4) is 0 Å². The number of pyridine rings is 1. The summed E-state index contributed by atoms with van der Waals surface area (Å²) in [6, 6.07) is 4.08. The normalized spacial score (nSPS) is 11.5. The van der Waals surface area contributed by atoms with Gasteiger partial charge in [-0.05, 0) is 17.0 Å². The Labute approximate surface area is 122 Å². The smallest absolute Gasteiger partial charge is 0.0640 e. The summed E-state index contributed by atoms with van der Waals surface area (Å²) < 4.78 is 0. The molecule has 0 fully saturated rings. The van der Waals surface area contributed by atoms with Crippen molar-refractivity contribution in [1.29, 1.82) is 0 Å². The van der Waals surface area contributed by atoms with Crippen molar-refractivity contribution in [2.75, 3.05) is 0 Å². The minimum absolute atomic E-state index is 0.119. The molecule has 0 aliphatic carbocycles. The summed E-state index contributed by atoms with van der Waals surface area (Å²) in [7, 11) is 0. The van der Waals surface area contributed by atoms with E-state index in [4.69, 9.17) is 0 Å². The van der Waals surface area contributed by atoms with Crippen LogP contribution < -0.4 is 0 Å². The predicted octanol–water partition coefficient (Wildman–Crippen LogP) is 4.15. The minimum atomic E-state index is 0.119. The van der Waals surface area contributed by atoms with E-state index in [2.05, 4.69) is 62.6 Å². The zero-order chi connectivity index (χ0) is 15.2. The lowest BCUT2D eigenvalue weighted by Crippen LogP contribution is -2.13. The second-order valence-corrected chi connectivity index (χ2v) is 6.83. The van der Waals surface area contributed by atoms with Gasteiger partial charge in [0.2, 0.25) is 0 Å². The lowest BCUT2D eigenvalue weighted by Gasteiger charge is -2.17. The molecule has 0 N–H and O–H groups in total. The van der Waals surface area contributed by atoms with Gasteiger partial charge in [-0.15, -0.1) is 0 Å². The van der Waals surface area contributed by atoms with Crippen molar-refractivity contribution in [3.63, 3.8) is 0 Å². The molecule has 0 saturated heterocycles. The van der Waals surface area contributed by atoms with E-state index in [-0.39, 0.29) is 10.8 Å². The second-order valence-electron chi connectivity index (χ2n) is 6.83. The third-order valence-electron chi connectivity index (χ3n) is 2.86. The maximum Gasteiger partial charge on any atom is 0.0640 e. The quantitative estimate of drug-likeness (QED) is 0.722. The first-order chi connectivity index (χ1) is 9.21. The van der Waals surface area contributed by atoms with Gasteiger partial charge in [0.05, 0.1) is 5.69 Å². The molecular formula is C17H25N3. The molecule has 2 aromatic rings. The first-order valence-corrected chi connectivity index (χ1v) is 6.88. The molecule has 20 heavy (non-hydrogen) atoms. The van der Waals surface area contributed by atoms with E-state index >= 15 is 0 Å². The first-order valence-electron chi connectivity index (χ1n) is 6.88. The molecule has 108 valence electrons. The van der Waals surface area contributed by atoms with E-state index in [0.29, 0.717) is 0 Å². The summed E-state index contributed by atoms with van der Waals surface area (Å²) in [4.78, 5) is 12.2. The molecule has 3 heteroatoms. The lowest BCUT2D eigenvalue weighted by atomic mass is 9.88. The molecule has 2 aromatic heterocycles. The van der Waals surface area contributed by atoms with Crippen molar-refractivity contribution in [3.05, 3.63) is 54.4 Å². The third kappa shape index (κ3) is 5.47. The monoisotopic (exact) mass is 271 g/mol.